The summed E-state index contributed by atoms with van der Waals surface area (Å²) in [6, 6.07) is 15.4. The highest BCUT2D eigenvalue weighted by Crippen LogP contribution is 2.40. The summed E-state index contributed by atoms with van der Waals surface area (Å²) in [4.78, 5) is 25.9. The third-order valence-electron chi connectivity index (χ3n) is 6.61. The molecule has 192 valence electrons. The maximum atomic E-state index is 11.7. The van der Waals surface area contributed by atoms with E-state index in [1.165, 1.54) is 11.8 Å². The molecule has 9 heteroatoms. The van der Waals surface area contributed by atoms with E-state index in [0.29, 0.717) is 29.9 Å². The number of nitrogens with zero attached hydrogens (tertiary/aromatic N) is 4. The molecule has 1 aromatic heterocycles. The van der Waals surface area contributed by atoms with E-state index in [2.05, 4.69) is 51.2 Å². The number of hydrogen-bond acceptors (Lipinski definition) is 8. The summed E-state index contributed by atoms with van der Waals surface area (Å²) in [5, 5.41) is 6.07. The maximum absolute atomic E-state index is 11.7. The molecule has 2 N–H and O–H groups in total. The normalized spacial score (nSPS) is 16.7. The lowest BCUT2D eigenvalue weighted by Crippen LogP contribution is -2.44. The number of carbonyl (C=O) groups excluding carboxylic acids is 1. The van der Waals surface area contributed by atoms with Gasteiger partial charge in [0.15, 0.2) is 0 Å². The van der Waals surface area contributed by atoms with Crippen LogP contribution in [0.4, 0.5) is 23.0 Å². The number of amides is 1. The van der Waals surface area contributed by atoms with Crippen LogP contribution in [-0.4, -0.2) is 54.0 Å². The summed E-state index contributed by atoms with van der Waals surface area (Å²) in [6.45, 7) is 12.0. The first-order chi connectivity index (χ1) is 17.8. The summed E-state index contributed by atoms with van der Waals surface area (Å²) in [5.41, 5.74) is 3.71. The van der Waals surface area contributed by atoms with Crippen LogP contribution in [0, 0.1) is 0 Å². The number of anilines is 4. The quantitative estimate of drug-likeness (QED) is 0.453. The van der Waals surface area contributed by atoms with E-state index in [1.54, 1.807) is 18.2 Å². The first kappa shape index (κ1) is 24.7. The molecule has 2 aliphatic heterocycles. The van der Waals surface area contributed by atoms with Crippen molar-refractivity contribution in [3.8, 4) is 11.6 Å². The second-order valence-electron chi connectivity index (χ2n) is 9.76. The van der Waals surface area contributed by atoms with Crippen molar-refractivity contribution >= 4 is 28.9 Å². The predicted octanol–water partition coefficient (Wildman–Crippen LogP) is 4.65. The summed E-state index contributed by atoms with van der Waals surface area (Å²) >= 11 is 0. The SMILES string of the molecule is C=CC(=O)Nc1cccc(Oc2nc(Nc3ccc(N4CCN(C)CC4)cc3)nc3c2COC3(C)C)c1. The molecular weight excluding hydrogens is 468 g/mol. The molecule has 2 aromatic carbocycles. The minimum Gasteiger partial charge on any atom is -0.438 e. The molecule has 0 bridgehead atoms. The summed E-state index contributed by atoms with van der Waals surface area (Å²) < 4.78 is 12.2. The average molecular weight is 501 g/mol. The third kappa shape index (κ3) is 5.58. The Morgan fingerprint density at radius 3 is 2.57 bits per heavy atom. The highest BCUT2D eigenvalue weighted by Gasteiger charge is 2.36. The van der Waals surface area contributed by atoms with Crippen LogP contribution in [0.15, 0.2) is 61.2 Å². The van der Waals surface area contributed by atoms with Crippen LogP contribution in [0.3, 0.4) is 0 Å². The Labute approximate surface area is 217 Å². The van der Waals surface area contributed by atoms with Crippen LogP contribution >= 0.6 is 0 Å². The van der Waals surface area contributed by atoms with Gasteiger partial charge in [-0.25, -0.2) is 4.98 Å². The number of nitrogens with one attached hydrogen (secondary N) is 2. The molecule has 1 amide bonds. The number of likely N-dealkylation sites (N-methyl/N-ethyl adjacent to an activating group) is 1. The van der Waals surface area contributed by atoms with Crippen LogP contribution in [-0.2, 0) is 21.7 Å². The largest absolute Gasteiger partial charge is 0.438 e. The van der Waals surface area contributed by atoms with Crippen molar-refractivity contribution in [1.29, 1.82) is 0 Å². The lowest BCUT2D eigenvalue weighted by atomic mass is 10.0. The van der Waals surface area contributed by atoms with Crippen molar-refractivity contribution in [2.24, 2.45) is 0 Å². The van der Waals surface area contributed by atoms with E-state index in [9.17, 15) is 4.79 Å². The Bertz CT molecular complexity index is 1300. The second-order valence-corrected chi connectivity index (χ2v) is 9.76. The number of piperazine rings is 1. The maximum Gasteiger partial charge on any atom is 0.247 e. The number of carbonyl (C=O) groups is 1. The Morgan fingerprint density at radius 1 is 1.08 bits per heavy atom. The minimum atomic E-state index is -0.572. The zero-order valence-electron chi connectivity index (χ0n) is 21.5. The van der Waals surface area contributed by atoms with Crippen molar-refractivity contribution in [3.63, 3.8) is 0 Å². The fourth-order valence-corrected chi connectivity index (χ4v) is 4.44. The zero-order chi connectivity index (χ0) is 26.0. The Morgan fingerprint density at radius 2 is 1.84 bits per heavy atom. The summed E-state index contributed by atoms with van der Waals surface area (Å²) in [7, 11) is 2.16. The van der Waals surface area contributed by atoms with E-state index < -0.39 is 5.60 Å². The van der Waals surface area contributed by atoms with Crippen molar-refractivity contribution < 1.29 is 14.3 Å². The first-order valence-corrected chi connectivity index (χ1v) is 12.4. The summed E-state index contributed by atoms with van der Waals surface area (Å²) in [5.74, 6) is 1.09. The number of rotatable bonds is 7. The highest BCUT2D eigenvalue weighted by molar-refractivity contribution is 5.98. The zero-order valence-corrected chi connectivity index (χ0v) is 21.5. The molecule has 0 radical (unpaired) electrons. The van der Waals surface area contributed by atoms with Gasteiger partial charge in [-0.15, -0.1) is 0 Å². The van der Waals surface area contributed by atoms with Crippen molar-refractivity contribution in [3.05, 3.63) is 72.4 Å². The van der Waals surface area contributed by atoms with Crippen LogP contribution < -0.4 is 20.3 Å². The fourth-order valence-electron chi connectivity index (χ4n) is 4.44. The van der Waals surface area contributed by atoms with Gasteiger partial charge in [-0.3, -0.25) is 4.79 Å². The predicted molar refractivity (Wildman–Crippen MR) is 145 cm³/mol. The van der Waals surface area contributed by atoms with Gasteiger partial charge in [0.25, 0.3) is 0 Å². The van der Waals surface area contributed by atoms with Gasteiger partial charge in [0.05, 0.1) is 17.9 Å². The van der Waals surface area contributed by atoms with Gasteiger partial charge in [-0.05, 0) is 63.4 Å². The van der Waals surface area contributed by atoms with E-state index in [-0.39, 0.29) is 5.91 Å². The number of aromatic nitrogens is 2. The molecule has 0 aliphatic carbocycles. The molecule has 2 aliphatic rings. The van der Waals surface area contributed by atoms with Crippen LogP contribution in [0.5, 0.6) is 11.6 Å². The molecule has 5 rings (SSSR count). The van der Waals surface area contributed by atoms with E-state index in [4.69, 9.17) is 14.5 Å². The van der Waals surface area contributed by atoms with Gasteiger partial charge in [-0.2, -0.15) is 4.98 Å². The van der Waals surface area contributed by atoms with E-state index >= 15 is 0 Å². The van der Waals surface area contributed by atoms with E-state index in [0.717, 1.165) is 43.1 Å². The average Bonchev–Trinajstić information content (AvgIpc) is 3.20. The van der Waals surface area contributed by atoms with Gasteiger partial charge < -0.3 is 29.9 Å². The molecule has 1 fully saturated rings. The molecule has 1 saturated heterocycles. The number of fused-ring (bicyclic) bond motifs is 1. The molecule has 9 nitrogen and oxygen atoms in total. The fraction of sp³-hybridized carbons (Fsp3) is 0.321. The molecule has 3 heterocycles. The summed E-state index contributed by atoms with van der Waals surface area (Å²) in [6.07, 6.45) is 1.22. The minimum absolute atomic E-state index is 0.291. The van der Waals surface area contributed by atoms with Crippen LogP contribution in [0.2, 0.25) is 0 Å². The number of ether oxygens (including phenoxy) is 2. The Balaban J connectivity index is 1.39. The van der Waals surface area contributed by atoms with Crippen molar-refractivity contribution in [2.75, 3.05) is 48.8 Å². The van der Waals surface area contributed by atoms with Gasteiger partial charge >= 0.3 is 0 Å². The van der Waals surface area contributed by atoms with Crippen LogP contribution in [0.1, 0.15) is 25.1 Å². The molecule has 0 atom stereocenters. The number of hydrogen-bond donors (Lipinski definition) is 2. The smallest absolute Gasteiger partial charge is 0.247 e. The van der Waals surface area contributed by atoms with Crippen LogP contribution in [0.25, 0.3) is 0 Å². The van der Waals surface area contributed by atoms with Gasteiger partial charge in [0.2, 0.25) is 17.7 Å². The van der Waals surface area contributed by atoms with Crippen molar-refractivity contribution in [2.45, 2.75) is 26.1 Å². The lowest BCUT2D eigenvalue weighted by Gasteiger charge is -2.34. The lowest BCUT2D eigenvalue weighted by molar-refractivity contribution is -0.111. The van der Waals surface area contributed by atoms with Crippen molar-refractivity contribution in [1.82, 2.24) is 14.9 Å². The third-order valence-corrected chi connectivity index (χ3v) is 6.61. The van der Waals surface area contributed by atoms with Gasteiger partial charge in [-0.1, -0.05) is 12.6 Å². The molecular formula is C28H32N6O3. The standard InChI is InChI=1S/C28H32N6O3/c1-5-24(35)29-20-7-6-8-22(17-20)37-26-23-18-36-28(2,3)25(23)31-27(32-26)30-19-9-11-21(12-10-19)34-15-13-33(4)14-16-34/h5-12,17H,1,13-16,18H2,2-4H3,(H,29,35)(H,30,31,32). The molecule has 3 aromatic rings. The topological polar surface area (TPSA) is 91.8 Å². The Kier molecular flexibility index (Phi) is 6.82. The molecule has 37 heavy (non-hydrogen) atoms. The first-order valence-electron chi connectivity index (χ1n) is 12.4. The molecule has 0 spiro atoms. The van der Waals surface area contributed by atoms with Gasteiger partial charge in [0.1, 0.15) is 11.4 Å². The van der Waals surface area contributed by atoms with E-state index in [1.807, 2.05) is 32.0 Å². The number of benzene rings is 2. The Hall–Kier alpha value is -3.95. The molecule has 0 unspecified atom stereocenters. The monoisotopic (exact) mass is 500 g/mol. The highest BCUT2D eigenvalue weighted by atomic mass is 16.5. The second kappa shape index (κ2) is 10.2. The van der Waals surface area contributed by atoms with Gasteiger partial charge in [0, 0.05) is 49.3 Å². The molecule has 0 saturated carbocycles.